The van der Waals surface area contributed by atoms with E-state index in [2.05, 4.69) is 29.6 Å². The second kappa shape index (κ2) is 25.9. The van der Waals surface area contributed by atoms with E-state index < -0.39 is 18.2 Å². The van der Waals surface area contributed by atoms with Crippen molar-refractivity contribution < 1.29 is 20.1 Å². The van der Waals surface area contributed by atoms with E-state index in [-0.39, 0.29) is 0 Å². The summed E-state index contributed by atoms with van der Waals surface area (Å²) in [4.78, 5) is 10.2. The second-order valence-electron chi connectivity index (χ2n) is 8.62. The quantitative estimate of drug-likeness (QED) is 0.114. The first-order valence-electron chi connectivity index (χ1n) is 13.1. The first-order chi connectivity index (χ1) is 17.1. The molecule has 1 unspecified atom stereocenters. The number of carboxylic acid groups (broad SMARTS) is 1. The maximum absolute atomic E-state index is 10.2. The van der Waals surface area contributed by atoms with Crippen LogP contribution < -0.4 is 0 Å². The van der Waals surface area contributed by atoms with Crippen molar-refractivity contribution in [2.24, 2.45) is 0 Å². The third-order valence-electron chi connectivity index (χ3n) is 5.42. The summed E-state index contributed by atoms with van der Waals surface area (Å²) in [5, 5.41) is 27.6. The van der Waals surface area contributed by atoms with Crippen LogP contribution in [0, 0.1) is 36.0 Å². The van der Waals surface area contributed by atoms with Gasteiger partial charge >= 0.3 is 5.97 Å². The molecule has 3 N–H and O–H groups in total. The third kappa shape index (κ3) is 27.4. The van der Waals surface area contributed by atoms with Gasteiger partial charge in [-0.2, -0.15) is 0 Å². The molecule has 0 saturated heterocycles. The molecule has 2 atom stereocenters. The van der Waals surface area contributed by atoms with Crippen LogP contribution in [0.3, 0.4) is 0 Å². The predicted molar refractivity (Wildman–Crippen MR) is 145 cm³/mol. The first kappa shape index (κ1) is 32.3. The maximum atomic E-state index is 10.2. The van der Waals surface area contributed by atoms with E-state index in [1.807, 2.05) is 12.2 Å². The maximum Gasteiger partial charge on any atom is 0.382 e. The highest BCUT2D eigenvalue weighted by Gasteiger charge is 1.98. The van der Waals surface area contributed by atoms with Gasteiger partial charge in [-0.15, -0.1) is 6.42 Å². The first-order valence-corrected chi connectivity index (χ1v) is 13.1. The van der Waals surface area contributed by atoms with Crippen molar-refractivity contribution in [1.29, 1.82) is 0 Å². The van der Waals surface area contributed by atoms with Crippen LogP contribution >= 0.6 is 0 Å². The number of allylic oxidation sites excluding steroid dienone is 4. The molecular weight excluding hydrogens is 436 g/mol. The Morgan fingerprint density at radius 1 is 0.743 bits per heavy atom. The highest BCUT2D eigenvalue weighted by atomic mass is 16.4. The largest absolute Gasteiger partial charge is 0.472 e. The molecule has 0 bridgehead atoms. The average Bonchev–Trinajstić information content (AvgIpc) is 2.84. The Morgan fingerprint density at radius 3 is 2.00 bits per heavy atom. The molecule has 192 valence electrons. The van der Waals surface area contributed by atoms with Crippen molar-refractivity contribution in [3.05, 3.63) is 36.5 Å². The SMILES string of the molecule is C#C[C@H](O)/C=C/CCCCCC#C/C=C/C(O)CCCCCCCCCCC/C=C\C#CC(=O)O. The van der Waals surface area contributed by atoms with Crippen molar-refractivity contribution in [3.8, 4) is 36.0 Å². The summed E-state index contributed by atoms with van der Waals surface area (Å²) in [5.74, 6) is 11.8. The zero-order chi connectivity index (χ0) is 25.8. The van der Waals surface area contributed by atoms with Crippen molar-refractivity contribution >= 4 is 5.97 Å². The lowest BCUT2D eigenvalue weighted by molar-refractivity contribution is -0.130. The Morgan fingerprint density at radius 2 is 1.34 bits per heavy atom. The molecule has 0 aromatic rings. The van der Waals surface area contributed by atoms with Gasteiger partial charge in [0, 0.05) is 12.3 Å². The van der Waals surface area contributed by atoms with E-state index >= 15 is 0 Å². The van der Waals surface area contributed by atoms with Gasteiger partial charge in [-0.05, 0) is 62.8 Å². The zero-order valence-electron chi connectivity index (χ0n) is 21.3. The molecular formula is C31H44O4. The van der Waals surface area contributed by atoms with Gasteiger partial charge < -0.3 is 15.3 Å². The Balaban J connectivity index is 3.47. The molecule has 4 heteroatoms. The lowest BCUT2D eigenvalue weighted by atomic mass is 10.0. The normalized spacial score (nSPS) is 12.7. The van der Waals surface area contributed by atoms with E-state index in [0.717, 1.165) is 64.2 Å². The Kier molecular flexibility index (Phi) is 23.9. The summed E-state index contributed by atoms with van der Waals surface area (Å²) < 4.78 is 0. The fourth-order valence-corrected chi connectivity index (χ4v) is 3.42. The number of rotatable bonds is 19. The monoisotopic (exact) mass is 480 g/mol. The molecule has 0 heterocycles. The number of aliphatic hydroxyl groups excluding tert-OH is 2. The minimum absolute atomic E-state index is 0.404. The van der Waals surface area contributed by atoms with Gasteiger partial charge in [0.1, 0.15) is 6.10 Å². The number of hydrogen-bond donors (Lipinski definition) is 3. The van der Waals surface area contributed by atoms with Gasteiger partial charge in [0.15, 0.2) is 0 Å². The predicted octanol–water partition coefficient (Wildman–Crippen LogP) is 6.34. The molecule has 0 aliphatic rings. The average molecular weight is 481 g/mol. The summed E-state index contributed by atoms with van der Waals surface area (Å²) >= 11 is 0. The minimum Gasteiger partial charge on any atom is -0.472 e. The highest BCUT2D eigenvalue weighted by Crippen LogP contribution is 2.12. The van der Waals surface area contributed by atoms with Gasteiger partial charge in [0.25, 0.3) is 0 Å². The Labute approximate surface area is 213 Å². The van der Waals surface area contributed by atoms with Crippen LogP contribution in [0.2, 0.25) is 0 Å². The molecule has 0 aliphatic heterocycles. The van der Waals surface area contributed by atoms with Gasteiger partial charge in [-0.25, -0.2) is 4.79 Å². The number of terminal acetylenes is 1. The molecule has 0 amide bonds. The number of carboxylic acids is 1. The van der Waals surface area contributed by atoms with E-state index in [1.54, 1.807) is 24.3 Å². The molecule has 0 aliphatic carbocycles. The van der Waals surface area contributed by atoms with Crippen LogP contribution in [0.4, 0.5) is 0 Å². The third-order valence-corrected chi connectivity index (χ3v) is 5.42. The summed E-state index contributed by atoms with van der Waals surface area (Å²) in [6.45, 7) is 0. The van der Waals surface area contributed by atoms with E-state index in [0.29, 0.717) is 0 Å². The van der Waals surface area contributed by atoms with Crippen LogP contribution in [0.1, 0.15) is 103 Å². The highest BCUT2D eigenvalue weighted by molar-refractivity contribution is 5.86. The van der Waals surface area contributed by atoms with Crippen LogP contribution in [0.5, 0.6) is 0 Å². The van der Waals surface area contributed by atoms with Crippen molar-refractivity contribution in [1.82, 2.24) is 0 Å². The number of aliphatic carboxylic acids is 1. The minimum atomic E-state index is -1.09. The van der Waals surface area contributed by atoms with Crippen LogP contribution in [0.15, 0.2) is 36.5 Å². The number of hydrogen-bond acceptors (Lipinski definition) is 3. The number of unbranched alkanes of at least 4 members (excludes halogenated alkanes) is 13. The van der Waals surface area contributed by atoms with Crippen LogP contribution in [-0.2, 0) is 4.79 Å². The van der Waals surface area contributed by atoms with Gasteiger partial charge in [-0.1, -0.05) is 93.6 Å². The summed E-state index contributed by atoms with van der Waals surface area (Å²) in [5.41, 5.74) is 0. The van der Waals surface area contributed by atoms with Gasteiger partial charge in [-0.3, -0.25) is 0 Å². The molecule has 0 saturated carbocycles. The molecule has 0 aromatic carbocycles. The molecule has 0 spiro atoms. The zero-order valence-corrected chi connectivity index (χ0v) is 21.3. The fraction of sp³-hybridized carbons (Fsp3) is 0.581. The standard InChI is InChI=1S/C31H44O4/c1-2-29(32)25-21-17-13-10-8-11-15-19-23-27-30(33)26-22-18-14-9-6-4-3-5-7-12-16-20-24-28-31(34)35/h1,16,20-21,23,25,27,29-30,32-33H,3-14,17-18,22,26H2,(H,34,35)/b20-16-,25-21+,27-23+/t29-,30?/m0/s1. The van der Waals surface area contributed by atoms with E-state index in [1.165, 1.54) is 38.5 Å². The topological polar surface area (TPSA) is 77.8 Å². The lowest BCUT2D eigenvalue weighted by Crippen LogP contribution is -2.01. The molecule has 0 fully saturated rings. The van der Waals surface area contributed by atoms with Crippen LogP contribution in [-0.4, -0.2) is 33.5 Å². The van der Waals surface area contributed by atoms with Gasteiger partial charge in [0.2, 0.25) is 0 Å². The molecule has 0 radical (unpaired) electrons. The summed E-state index contributed by atoms with van der Waals surface area (Å²) in [7, 11) is 0. The smallest absolute Gasteiger partial charge is 0.382 e. The Hall–Kier alpha value is -2.71. The Bertz CT molecular complexity index is 777. The lowest BCUT2D eigenvalue weighted by Gasteiger charge is -2.05. The number of carbonyl (C=O) groups is 1. The second-order valence-corrected chi connectivity index (χ2v) is 8.62. The fourth-order valence-electron chi connectivity index (χ4n) is 3.42. The molecule has 4 nitrogen and oxygen atoms in total. The van der Waals surface area contributed by atoms with Crippen LogP contribution in [0.25, 0.3) is 0 Å². The summed E-state index contributed by atoms with van der Waals surface area (Å²) in [6, 6.07) is 0. The van der Waals surface area contributed by atoms with Gasteiger partial charge in [0.05, 0.1) is 6.10 Å². The van der Waals surface area contributed by atoms with E-state index in [4.69, 9.17) is 11.5 Å². The van der Waals surface area contributed by atoms with Crippen molar-refractivity contribution in [3.63, 3.8) is 0 Å². The van der Waals surface area contributed by atoms with E-state index in [9.17, 15) is 15.0 Å². The molecule has 0 aromatic heterocycles. The summed E-state index contributed by atoms with van der Waals surface area (Å²) in [6.07, 6.45) is 32.2. The van der Waals surface area contributed by atoms with Crippen molar-refractivity contribution in [2.45, 2.75) is 115 Å². The molecule has 35 heavy (non-hydrogen) atoms. The number of aliphatic hydroxyl groups is 2. The van der Waals surface area contributed by atoms with Crippen molar-refractivity contribution in [2.75, 3.05) is 0 Å². The molecule has 0 rings (SSSR count).